The van der Waals surface area contributed by atoms with E-state index in [2.05, 4.69) is 0 Å². The van der Waals surface area contributed by atoms with Gasteiger partial charge in [0.15, 0.2) is 0 Å². The first-order valence-electron chi connectivity index (χ1n) is 5.18. The van der Waals surface area contributed by atoms with Gasteiger partial charge in [0, 0.05) is 7.11 Å². The first-order valence-corrected chi connectivity index (χ1v) is 5.18. The highest BCUT2D eigenvalue weighted by Crippen LogP contribution is 2.62. The molecule has 3 fully saturated rings. The zero-order chi connectivity index (χ0) is 9.97. The Morgan fingerprint density at radius 1 is 1.50 bits per heavy atom. The van der Waals surface area contributed by atoms with Crippen LogP contribution in [0.15, 0.2) is 0 Å². The molecule has 1 spiro atoms. The maximum Gasteiger partial charge on any atom is 0.148 e. The monoisotopic (exact) mass is 198 g/mol. The van der Waals surface area contributed by atoms with Gasteiger partial charge in [-0.25, -0.2) is 0 Å². The molecule has 2 saturated heterocycles. The Labute approximate surface area is 83.9 Å². The highest BCUT2D eigenvalue weighted by atomic mass is 16.7. The lowest BCUT2D eigenvalue weighted by molar-refractivity contribution is -0.194. The van der Waals surface area contributed by atoms with Crippen LogP contribution in [0.5, 0.6) is 0 Å². The van der Waals surface area contributed by atoms with Crippen LogP contribution in [0, 0.1) is 0 Å². The average Bonchev–Trinajstić information content (AvgIpc) is 2.82. The highest BCUT2D eigenvalue weighted by molar-refractivity contribution is 6.11. The Morgan fingerprint density at radius 2 is 2.21 bits per heavy atom. The van der Waals surface area contributed by atoms with Crippen LogP contribution in [-0.4, -0.2) is 56.1 Å². The van der Waals surface area contributed by atoms with E-state index in [9.17, 15) is 5.11 Å². The summed E-state index contributed by atoms with van der Waals surface area (Å²) < 4.78 is 17.3. The number of ether oxygens (including phenoxy) is 3. The van der Waals surface area contributed by atoms with Crippen LogP contribution in [0.2, 0.25) is 0 Å². The molecule has 2 bridgehead atoms. The third-order valence-electron chi connectivity index (χ3n) is 3.94. The number of aliphatic hydroxyl groups is 1. The topological polar surface area (TPSA) is 47.9 Å². The van der Waals surface area contributed by atoms with Gasteiger partial charge in [-0.2, -0.15) is 0 Å². The normalized spacial score (nSPS) is 52.9. The molecule has 3 aliphatic rings. The molecule has 78 valence electrons. The van der Waals surface area contributed by atoms with Crippen LogP contribution in [0.1, 0.15) is 12.8 Å². The van der Waals surface area contributed by atoms with Crippen molar-refractivity contribution in [2.75, 3.05) is 13.7 Å². The molecule has 1 N–H and O–H groups in total. The highest BCUT2D eigenvalue weighted by Gasteiger charge is 2.77. The van der Waals surface area contributed by atoms with E-state index in [4.69, 9.17) is 14.2 Å². The van der Waals surface area contributed by atoms with E-state index in [0.29, 0.717) is 0 Å². The molecule has 14 heavy (non-hydrogen) atoms. The van der Waals surface area contributed by atoms with Crippen LogP contribution in [0.25, 0.3) is 0 Å². The minimum Gasteiger partial charge on any atom is -0.393 e. The van der Waals surface area contributed by atoms with Gasteiger partial charge in [-0.1, -0.05) is 0 Å². The largest absolute Gasteiger partial charge is 0.393 e. The zero-order valence-corrected chi connectivity index (χ0v) is 8.53. The zero-order valence-electron chi connectivity index (χ0n) is 8.53. The molecule has 0 radical (unpaired) electrons. The second kappa shape index (κ2) is 2.53. The van der Waals surface area contributed by atoms with Crippen molar-refractivity contribution < 1.29 is 19.3 Å². The van der Waals surface area contributed by atoms with Crippen LogP contribution in [0.3, 0.4) is 0 Å². The Kier molecular flexibility index (Phi) is 1.65. The van der Waals surface area contributed by atoms with Crippen molar-refractivity contribution in [3.05, 3.63) is 0 Å². The fraction of sp³-hybridized carbons (Fsp3) is 1.00. The Morgan fingerprint density at radius 3 is 2.71 bits per heavy atom. The van der Waals surface area contributed by atoms with Gasteiger partial charge in [0.05, 0.1) is 12.6 Å². The number of aliphatic hydroxyl groups excluding tert-OH is 1. The van der Waals surface area contributed by atoms with Crippen LogP contribution in [0.4, 0.5) is 0 Å². The van der Waals surface area contributed by atoms with Crippen molar-refractivity contribution in [1.82, 2.24) is 0 Å². The van der Waals surface area contributed by atoms with Gasteiger partial charge in [0.25, 0.3) is 0 Å². The van der Waals surface area contributed by atoms with Gasteiger partial charge < -0.3 is 19.3 Å². The molecular formula is C9H15BO4. The van der Waals surface area contributed by atoms with E-state index in [0.717, 1.165) is 12.8 Å². The summed E-state index contributed by atoms with van der Waals surface area (Å²) in [6, 6.07) is 0.0262. The lowest BCUT2D eigenvalue weighted by atomic mass is 9.89. The van der Waals surface area contributed by atoms with Crippen molar-refractivity contribution >= 4 is 7.85 Å². The van der Waals surface area contributed by atoms with Crippen LogP contribution >= 0.6 is 0 Å². The third-order valence-corrected chi connectivity index (χ3v) is 3.94. The fourth-order valence-corrected chi connectivity index (χ4v) is 3.11. The number of fused-ring (bicyclic) bond motifs is 3. The van der Waals surface area contributed by atoms with Gasteiger partial charge >= 0.3 is 0 Å². The van der Waals surface area contributed by atoms with E-state index < -0.39 is 5.60 Å². The summed E-state index contributed by atoms with van der Waals surface area (Å²) in [7, 11) is 3.64. The van der Waals surface area contributed by atoms with Gasteiger partial charge in [0.2, 0.25) is 0 Å². The van der Waals surface area contributed by atoms with Crippen molar-refractivity contribution in [2.45, 2.75) is 42.3 Å². The summed E-state index contributed by atoms with van der Waals surface area (Å²) in [4.78, 5) is 0. The lowest BCUT2D eigenvalue weighted by Gasteiger charge is -2.36. The molecule has 0 aromatic carbocycles. The maximum atomic E-state index is 9.55. The van der Waals surface area contributed by atoms with Crippen LogP contribution < -0.4 is 0 Å². The molecule has 4 nitrogen and oxygen atoms in total. The molecular weight excluding hydrogens is 183 g/mol. The first-order chi connectivity index (χ1) is 6.69. The molecule has 3 rings (SSSR count). The SMILES string of the molecule is BC1OC2(CO)[C@H](OC)C1OC21CC1. The standard InChI is InChI=1S/C9H15BO4/c1-12-6-5-7(10)14-9(6,4-11)8(13-5)2-3-8/h5-7,11H,2-4,10H2,1H3/t5?,6-,7?,9?/m1/s1. The summed E-state index contributed by atoms with van der Waals surface area (Å²) in [5.41, 5.74) is -0.828. The summed E-state index contributed by atoms with van der Waals surface area (Å²) in [6.07, 6.45) is 1.85. The van der Waals surface area contributed by atoms with Crippen molar-refractivity contribution in [2.24, 2.45) is 0 Å². The molecule has 4 atom stereocenters. The lowest BCUT2D eigenvalue weighted by Crippen LogP contribution is -2.53. The predicted molar refractivity (Wildman–Crippen MR) is 50.9 cm³/mol. The van der Waals surface area contributed by atoms with Crippen molar-refractivity contribution in [1.29, 1.82) is 0 Å². The molecule has 0 aromatic rings. The van der Waals surface area contributed by atoms with Gasteiger partial charge in [-0.3, -0.25) is 0 Å². The van der Waals surface area contributed by atoms with Gasteiger partial charge in [-0.05, 0) is 12.8 Å². The van der Waals surface area contributed by atoms with E-state index in [1.165, 1.54) is 0 Å². The quantitative estimate of drug-likeness (QED) is 0.557. The van der Waals surface area contributed by atoms with E-state index in [1.807, 2.05) is 7.85 Å². The number of hydrogen-bond acceptors (Lipinski definition) is 4. The molecule has 5 heteroatoms. The molecule has 0 aromatic heterocycles. The fourth-order valence-electron chi connectivity index (χ4n) is 3.11. The summed E-state index contributed by atoms with van der Waals surface area (Å²) >= 11 is 0. The minimum absolute atomic E-state index is 0.00495. The Bertz CT molecular complexity index is 268. The van der Waals surface area contributed by atoms with E-state index in [-0.39, 0.29) is 30.4 Å². The van der Waals surface area contributed by atoms with E-state index >= 15 is 0 Å². The molecule has 0 amide bonds. The maximum absolute atomic E-state index is 9.55. The number of methoxy groups -OCH3 is 1. The molecule has 2 aliphatic heterocycles. The molecule has 2 heterocycles. The third kappa shape index (κ3) is 0.769. The molecule has 1 aliphatic carbocycles. The summed E-state index contributed by atoms with van der Waals surface area (Å²) in [5, 5.41) is 9.55. The minimum atomic E-state index is -0.591. The smallest absolute Gasteiger partial charge is 0.148 e. The van der Waals surface area contributed by atoms with Crippen LogP contribution in [-0.2, 0) is 14.2 Å². The van der Waals surface area contributed by atoms with E-state index in [1.54, 1.807) is 7.11 Å². The average molecular weight is 198 g/mol. The number of rotatable bonds is 2. The molecule has 3 unspecified atom stereocenters. The Hall–Kier alpha value is -0.0951. The van der Waals surface area contributed by atoms with Gasteiger partial charge in [-0.15, -0.1) is 0 Å². The molecule has 1 saturated carbocycles. The summed E-state index contributed by atoms with van der Waals surface area (Å²) in [6.45, 7) is -0.00759. The van der Waals surface area contributed by atoms with Crippen molar-refractivity contribution in [3.63, 3.8) is 0 Å². The second-order valence-electron chi connectivity index (χ2n) is 4.60. The Balaban J connectivity index is 2.01. The van der Waals surface area contributed by atoms with Crippen molar-refractivity contribution in [3.8, 4) is 0 Å². The van der Waals surface area contributed by atoms with Gasteiger partial charge in [0.1, 0.15) is 31.3 Å². The second-order valence-corrected chi connectivity index (χ2v) is 4.60. The summed E-state index contributed by atoms with van der Waals surface area (Å²) in [5.74, 6) is 0. The predicted octanol–water partition coefficient (Wildman–Crippen LogP) is -1.35. The first kappa shape index (κ1) is 9.15. The number of hydrogen-bond donors (Lipinski definition) is 1.